The topological polar surface area (TPSA) is 71.3 Å². The van der Waals surface area contributed by atoms with Crippen molar-refractivity contribution in [1.82, 2.24) is 5.32 Å². The van der Waals surface area contributed by atoms with Crippen LogP contribution in [0.15, 0.2) is 18.2 Å². The highest BCUT2D eigenvalue weighted by atomic mass is 16.5. The lowest BCUT2D eigenvalue weighted by Crippen LogP contribution is -2.43. The maximum atomic E-state index is 11.1. The van der Waals surface area contributed by atoms with Gasteiger partial charge in [-0.1, -0.05) is 0 Å². The maximum absolute atomic E-state index is 11.1. The molecule has 0 amide bonds. The van der Waals surface area contributed by atoms with E-state index in [2.05, 4.69) is 30.0 Å². The Bertz CT molecular complexity index is 605. The van der Waals surface area contributed by atoms with Crippen LogP contribution in [0.2, 0.25) is 0 Å². The Morgan fingerprint density at radius 1 is 1.48 bits per heavy atom. The van der Waals surface area contributed by atoms with Crippen LogP contribution in [0.1, 0.15) is 37.8 Å². The van der Waals surface area contributed by atoms with Gasteiger partial charge in [0.05, 0.1) is 25.2 Å². The van der Waals surface area contributed by atoms with Gasteiger partial charge in [-0.3, -0.25) is 4.79 Å². The quantitative estimate of drug-likeness (QED) is 0.644. The van der Waals surface area contributed by atoms with E-state index in [9.17, 15) is 4.79 Å². The molecule has 0 saturated heterocycles. The Kier molecular flexibility index (Phi) is 5.62. The number of nitrogens with zero attached hydrogens (tertiary/aromatic N) is 1. The van der Waals surface area contributed by atoms with Crippen LogP contribution < -0.4 is 10.1 Å². The summed E-state index contributed by atoms with van der Waals surface area (Å²) in [6.07, 6.45) is 2.23. The summed E-state index contributed by atoms with van der Waals surface area (Å²) in [6, 6.07) is 7.78. The zero-order valence-corrected chi connectivity index (χ0v) is 14.0. The maximum Gasteiger partial charge on any atom is 0.306 e. The van der Waals surface area contributed by atoms with E-state index in [0.717, 1.165) is 30.7 Å². The third-order valence-electron chi connectivity index (χ3n) is 4.42. The minimum absolute atomic E-state index is 0.197. The molecule has 0 aliphatic carbocycles. The van der Waals surface area contributed by atoms with E-state index >= 15 is 0 Å². The Hall–Kier alpha value is -2.06. The Morgan fingerprint density at radius 3 is 2.96 bits per heavy atom. The molecule has 1 aromatic carbocycles. The molecule has 1 aliphatic rings. The van der Waals surface area contributed by atoms with Gasteiger partial charge in [-0.25, -0.2) is 0 Å². The highest BCUT2D eigenvalue weighted by molar-refractivity contribution is 5.69. The number of rotatable bonds is 6. The summed E-state index contributed by atoms with van der Waals surface area (Å²) in [5, 5.41) is 12.3. The largest absolute Gasteiger partial charge is 0.487 e. The fourth-order valence-corrected chi connectivity index (χ4v) is 2.93. The van der Waals surface area contributed by atoms with Crippen LogP contribution in [0.25, 0.3) is 0 Å². The Balaban J connectivity index is 1.91. The molecular formula is C18H24N2O3. The molecule has 0 bridgehead atoms. The number of hydrogen-bond donors (Lipinski definition) is 1. The van der Waals surface area contributed by atoms with Crippen LogP contribution in [0.3, 0.4) is 0 Å². The monoisotopic (exact) mass is 316 g/mol. The first-order valence-corrected chi connectivity index (χ1v) is 7.96. The van der Waals surface area contributed by atoms with Crippen LogP contribution >= 0.6 is 0 Å². The zero-order valence-electron chi connectivity index (χ0n) is 14.0. The number of carbonyl (C=O) groups is 1. The van der Waals surface area contributed by atoms with Gasteiger partial charge < -0.3 is 14.8 Å². The number of benzene rings is 1. The van der Waals surface area contributed by atoms with Crippen molar-refractivity contribution in [1.29, 1.82) is 5.26 Å². The number of fused-ring (bicyclic) bond motifs is 1. The van der Waals surface area contributed by atoms with Crippen molar-refractivity contribution in [3.05, 3.63) is 29.3 Å². The number of hydrogen-bond acceptors (Lipinski definition) is 5. The number of methoxy groups -OCH3 is 1. The normalized spacial score (nSPS) is 18.4. The molecule has 1 N–H and O–H groups in total. The number of nitriles is 1. The van der Waals surface area contributed by atoms with E-state index in [0.29, 0.717) is 24.4 Å². The fraction of sp³-hybridized carbons (Fsp3) is 0.556. The lowest BCUT2D eigenvalue weighted by molar-refractivity contribution is -0.140. The van der Waals surface area contributed by atoms with Crippen molar-refractivity contribution in [2.45, 2.75) is 38.7 Å². The second-order valence-corrected chi connectivity index (χ2v) is 6.41. The van der Waals surface area contributed by atoms with E-state index in [1.54, 1.807) is 6.07 Å². The summed E-state index contributed by atoms with van der Waals surface area (Å²) in [6.45, 7) is 5.65. The van der Waals surface area contributed by atoms with E-state index < -0.39 is 0 Å². The van der Waals surface area contributed by atoms with Gasteiger partial charge in [-0.2, -0.15) is 5.26 Å². The van der Waals surface area contributed by atoms with Crippen LogP contribution in [-0.4, -0.2) is 31.8 Å². The van der Waals surface area contributed by atoms with E-state index in [1.165, 1.54) is 7.11 Å². The van der Waals surface area contributed by atoms with Crippen molar-refractivity contribution < 1.29 is 14.3 Å². The third kappa shape index (κ3) is 4.46. The first-order chi connectivity index (χ1) is 11.0. The molecule has 0 spiro atoms. The number of carbonyl (C=O) groups excluding carboxylic acids is 1. The molecule has 0 fully saturated rings. The number of nitrogens with one attached hydrogen (secondary N) is 1. The van der Waals surface area contributed by atoms with Gasteiger partial charge in [0.2, 0.25) is 0 Å². The molecule has 1 aliphatic heterocycles. The predicted molar refractivity (Wildman–Crippen MR) is 87.2 cm³/mol. The molecule has 124 valence electrons. The second-order valence-electron chi connectivity index (χ2n) is 6.41. The lowest BCUT2D eigenvalue weighted by Gasteiger charge is -2.40. The third-order valence-corrected chi connectivity index (χ3v) is 4.42. The molecule has 1 heterocycles. The van der Waals surface area contributed by atoms with E-state index in [4.69, 9.17) is 10.00 Å². The average molecular weight is 316 g/mol. The molecule has 2 rings (SSSR count). The van der Waals surface area contributed by atoms with E-state index in [-0.39, 0.29) is 11.6 Å². The van der Waals surface area contributed by atoms with Crippen LogP contribution in [0.4, 0.5) is 0 Å². The summed E-state index contributed by atoms with van der Waals surface area (Å²) >= 11 is 0. The standard InChI is InChI=1S/C18H24N2O3/c1-18(2)15(6-8-20-9-7-17(21)22-3)11-14-10-13(12-19)4-5-16(14)23-18/h4-5,10,15,20H,6-9,11H2,1-3H3. The summed E-state index contributed by atoms with van der Waals surface area (Å²) in [5.41, 5.74) is 1.52. The fourth-order valence-electron chi connectivity index (χ4n) is 2.93. The van der Waals surface area contributed by atoms with Crippen LogP contribution in [-0.2, 0) is 16.0 Å². The van der Waals surface area contributed by atoms with Gasteiger partial charge in [-0.05, 0) is 57.0 Å². The Labute approximate surface area is 137 Å². The van der Waals surface area contributed by atoms with E-state index in [1.807, 2.05) is 12.1 Å². The summed E-state index contributed by atoms with van der Waals surface area (Å²) in [4.78, 5) is 11.1. The van der Waals surface area contributed by atoms with Crippen LogP contribution in [0.5, 0.6) is 5.75 Å². The molecule has 1 unspecified atom stereocenters. The minimum atomic E-state index is -0.245. The molecule has 5 nitrogen and oxygen atoms in total. The Morgan fingerprint density at radius 2 is 2.26 bits per heavy atom. The number of ether oxygens (including phenoxy) is 2. The van der Waals surface area contributed by atoms with Gasteiger partial charge in [-0.15, -0.1) is 0 Å². The smallest absolute Gasteiger partial charge is 0.306 e. The summed E-state index contributed by atoms with van der Waals surface area (Å²) in [5.74, 6) is 1.04. The van der Waals surface area contributed by atoms with Gasteiger partial charge in [0.15, 0.2) is 0 Å². The molecule has 1 aromatic rings. The minimum Gasteiger partial charge on any atom is -0.487 e. The van der Waals surface area contributed by atoms with Crippen molar-refractivity contribution >= 4 is 5.97 Å². The molecule has 1 atom stereocenters. The molecule has 0 aromatic heterocycles. The van der Waals surface area contributed by atoms with Gasteiger partial charge in [0, 0.05) is 12.5 Å². The molecular weight excluding hydrogens is 292 g/mol. The second kappa shape index (κ2) is 7.47. The summed E-state index contributed by atoms with van der Waals surface area (Å²) in [7, 11) is 1.40. The van der Waals surface area contributed by atoms with Crippen molar-refractivity contribution in [3.63, 3.8) is 0 Å². The SMILES string of the molecule is COC(=O)CCNCCC1Cc2cc(C#N)ccc2OC1(C)C. The van der Waals surface area contributed by atoms with Crippen molar-refractivity contribution in [2.75, 3.05) is 20.2 Å². The molecule has 0 saturated carbocycles. The van der Waals surface area contributed by atoms with Gasteiger partial charge >= 0.3 is 5.97 Å². The highest BCUT2D eigenvalue weighted by Crippen LogP contribution is 2.38. The molecule has 5 heteroatoms. The lowest BCUT2D eigenvalue weighted by atomic mass is 9.80. The van der Waals surface area contributed by atoms with Crippen molar-refractivity contribution in [3.8, 4) is 11.8 Å². The molecule has 23 heavy (non-hydrogen) atoms. The van der Waals surface area contributed by atoms with Gasteiger partial charge in [0.1, 0.15) is 11.4 Å². The summed E-state index contributed by atoms with van der Waals surface area (Å²) < 4.78 is 10.7. The average Bonchev–Trinajstić information content (AvgIpc) is 2.53. The first kappa shape index (κ1) is 17.3. The predicted octanol–water partition coefficient (Wildman–Crippen LogP) is 2.43. The van der Waals surface area contributed by atoms with Crippen molar-refractivity contribution in [2.24, 2.45) is 5.92 Å². The van der Waals surface area contributed by atoms with Crippen LogP contribution in [0, 0.1) is 17.2 Å². The first-order valence-electron chi connectivity index (χ1n) is 7.96. The zero-order chi connectivity index (χ0) is 16.9. The molecule has 0 radical (unpaired) electrons. The van der Waals surface area contributed by atoms with Gasteiger partial charge in [0.25, 0.3) is 0 Å². The number of esters is 1. The highest BCUT2D eigenvalue weighted by Gasteiger charge is 2.36.